The van der Waals surface area contributed by atoms with Crippen molar-refractivity contribution in [2.45, 2.75) is 6.92 Å². The van der Waals surface area contributed by atoms with E-state index in [1.807, 2.05) is 0 Å². The third-order valence-electron chi connectivity index (χ3n) is 1.69. The number of hydrogen-bond acceptors (Lipinski definition) is 8. The van der Waals surface area contributed by atoms with Crippen LogP contribution in [0.25, 0.3) is 0 Å². The van der Waals surface area contributed by atoms with E-state index in [0.29, 0.717) is 5.56 Å². The Bertz CT molecular complexity index is 596. The zero-order valence-electron chi connectivity index (χ0n) is 9.47. The summed E-state index contributed by atoms with van der Waals surface area (Å²) in [6, 6.07) is 0. The molecular formula is C8H12N8O2. The third-order valence-corrected chi connectivity index (χ3v) is 1.69. The normalized spacial score (nSPS) is 9.39. The van der Waals surface area contributed by atoms with Gasteiger partial charge in [0.1, 0.15) is 0 Å². The minimum absolute atomic E-state index is 0.0417. The molecular weight excluding hydrogens is 240 g/mol. The summed E-state index contributed by atoms with van der Waals surface area (Å²) < 4.78 is 0. The molecule has 0 saturated heterocycles. The molecule has 8 N–H and O–H groups in total. The van der Waals surface area contributed by atoms with Crippen LogP contribution < -0.4 is 28.5 Å². The van der Waals surface area contributed by atoms with Gasteiger partial charge in [-0.05, 0) is 6.92 Å². The van der Waals surface area contributed by atoms with Gasteiger partial charge in [0.05, 0.1) is 0 Å². The predicted molar refractivity (Wildman–Crippen MR) is 65.5 cm³/mol. The van der Waals surface area contributed by atoms with Crippen LogP contribution in [-0.4, -0.2) is 24.9 Å². The molecule has 2 heterocycles. The molecule has 0 saturated carbocycles. The van der Waals surface area contributed by atoms with Crippen LogP contribution in [0.2, 0.25) is 0 Å². The van der Waals surface area contributed by atoms with Crippen molar-refractivity contribution in [2.75, 3.05) is 17.2 Å². The van der Waals surface area contributed by atoms with E-state index in [1.54, 1.807) is 6.92 Å². The number of H-pyrrole nitrogens is 2. The number of nitrogens with zero attached hydrogens (tertiary/aromatic N) is 3. The molecule has 0 radical (unpaired) electrons. The molecule has 0 aromatic carbocycles. The quantitative estimate of drug-likeness (QED) is 0.356. The van der Waals surface area contributed by atoms with Gasteiger partial charge in [0.25, 0.3) is 5.56 Å². The lowest BCUT2D eigenvalue weighted by Gasteiger charge is -1.93. The van der Waals surface area contributed by atoms with Crippen molar-refractivity contribution in [3.8, 4) is 0 Å². The molecule has 2 rings (SSSR count). The fourth-order valence-corrected chi connectivity index (χ4v) is 0.904. The Labute approximate surface area is 100 Å². The van der Waals surface area contributed by atoms with Gasteiger partial charge >= 0.3 is 5.69 Å². The van der Waals surface area contributed by atoms with E-state index in [1.165, 1.54) is 6.20 Å². The van der Waals surface area contributed by atoms with Crippen LogP contribution in [-0.2, 0) is 0 Å². The molecule has 0 unspecified atom stereocenters. The molecule has 18 heavy (non-hydrogen) atoms. The van der Waals surface area contributed by atoms with E-state index in [0.717, 1.165) is 0 Å². The Hall–Kier alpha value is -2.91. The van der Waals surface area contributed by atoms with E-state index in [9.17, 15) is 9.59 Å². The van der Waals surface area contributed by atoms with Crippen LogP contribution in [0.5, 0.6) is 0 Å². The Morgan fingerprint density at radius 2 is 1.44 bits per heavy atom. The van der Waals surface area contributed by atoms with Crippen molar-refractivity contribution in [2.24, 2.45) is 0 Å². The topological polar surface area (TPSA) is 182 Å². The minimum atomic E-state index is -0.467. The fraction of sp³-hybridized carbons (Fsp3) is 0.125. The molecule has 2 aromatic heterocycles. The van der Waals surface area contributed by atoms with E-state index in [4.69, 9.17) is 17.2 Å². The van der Waals surface area contributed by atoms with Crippen LogP contribution in [0, 0.1) is 6.92 Å². The SMILES string of the molecule is Cc1c[nH]c(=O)[nH]c1=O.Nc1nc(N)nc(N)n1. The second kappa shape index (κ2) is 5.43. The van der Waals surface area contributed by atoms with Crippen molar-refractivity contribution < 1.29 is 0 Å². The summed E-state index contributed by atoms with van der Waals surface area (Å²) in [7, 11) is 0. The van der Waals surface area contributed by atoms with Crippen LogP contribution in [0.3, 0.4) is 0 Å². The second-order valence-electron chi connectivity index (χ2n) is 3.16. The van der Waals surface area contributed by atoms with Crippen molar-refractivity contribution in [3.63, 3.8) is 0 Å². The first-order valence-electron chi connectivity index (χ1n) is 4.69. The molecule has 2 aromatic rings. The first-order chi connectivity index (χ1) is 8.38. The highest BCUT2D eigenvalue weighted by Gasteiger charge is 1.93. The molecule has 10 heteroatoms. The van der Waals surface area contributed by atoms with Gasteiger partial charge in [0, 0.05) is 11.8 Å². The van der Waals surface area contributed by atoms with E-state index in [2.05, 4.69) is 24.9 Å². The highest BCUT2D eigenvalue weighted by molar-refractivity contribution is 5.33. The number of nitrogen functional groups attached to an aromatic ring is 3. The summed E-state index contributed by atoms with van der Waals surface area (Å²) in [6.07, 6.45) is 1.38. The monoisotopic (exact) mass is 252 g/mol. The average Bonchev–Trinajstić information content (AvgIpc) is 2.23. The summed E-state index contributed by atoms with van der Waals surface area (Å²) in [6.45, 7) is 1.62. The van der Waals surface area contributed by atoms with Crippen molar-refractivity contribution >= 4 is 17.8 Å². The smallest absolute Gasteiger partial charge is 0.325 e. The van der Waals surface area contributed by atoms with E-state index >= 15 is 0 Å². The second-order valence-corrected chi connectivity index (χ2v) is 3.16. The lowest BCUT2D eigenvalue weighted by atomic mass is 10.4. The van der Waals surface area contributed by atoms with E-state index in [-0.39, 0.29) is 23.4 Å². The fourth-order valence-electron chi connectivity index (χ4n) is 0.904. The predicted octanol–water partition coefficient (Wildman–Crippen LogP) is -2.01. The molecule has 0 spiro atoms. The summed E-state index contributed by atoms with van der Waals surface area (Å²) in [5.41, 5.74) is 15.1. The highest BCUT2D eigenvalue weighted by atomic mass is 16.2. The van der Waals surface area contributed by atoms with Crippen LogP contribution >= 0.6 is 0 Å². The number of aromatic nitrogens is 5. The van der Waals surface area contributed by atoms with Gasteiger partial charge in [-0.15, -0.1) is 0 Å². The van der Waals surface area contributed by atoms with Crippen LogP contribution in [0.4, 0.5) is 17.8 Å². The number of aryl methyl sites for hydroxylation is 1. The van der Waals surface area contributed by atoms with Crippen molar-refractivity contribution in [1.29, 1.82) is 0 Å². The summed E-state index contributed by atoms with van der Waals surface area (Å²) in [5, 5.41) is 0. The van der Waals surface area contributed by atoms with Gasteiger partial charge in [-0.2, -0.15) is 15.0 Å². The molecule has 96 valence electrons. The number of nitrogens with two attached hydrogens (primary N) is 3. The third kappa shape index (κ3) is 3.92. The molecule has 0 aliphatic carbocycles. The van der Waals surface area contributed by atoms with Crippen molar-refractivity contribution in [3.05, 3.63) is 32.6 Å². The van der Waals surface area contributed by atoms with Gasteiger partial charge in [-0.3, -0.25) is 9.78 Å². The Kier molecular flexibility index (Phi) is 3.97. The molecule has 0 aliphatic heterocycles. The zero-order valence-corrected chi connectivity index (χ0v) is 9.47. The number of rotatable bonds is 0. The Morgan fingerprint density at radius 3 is 1.78 bits per heavy atom. The maximum Gasteiger partial charge on any atom is 0.325 e. The zero-order chi connectivity index (χ0) is 13.7. The first kappa shape index (κ1) is 13.2. The maximum atomic E-state index is 10.6. The number of hydrogen-bond donors (Lipinski definition) is 5. The average molecular weight is 252 g/mol. The van der Waals surface area contributed by atoms with Gasteiger partial charge in [0.15, 0.2) is 0 Å². The minimum Gasteiger partial charge on any atom is -0.368 e. The van der Waals surface area contributed by atoms with Gasteiger partial charge in [-0.1, -0.05) is 0 Å². The lowest BCUT2D eigenvalue weighted by molar-refractivity contribution is 1.01. The van der Waals surface area contributed by atoms with Gasteiger partial charge in [-0.25, -0.2) is 4.79 Å². The number of aromatic amines is 2. The summed E-state index contributed by atoms with van der Waals surface area (Å²) in [4.78, 5) is 35.8. The number of nitrogens with one attached hydrogen (secondary N) is 2. The van der Waals surface area contributed by atoms with Gasteiger partial charge < -0.3 is 22.2 Å². The van der Waals surface area contributed by atoms with E-state index < -0.39 is 5.69 Å². The Morgan fingerprint density at radius 1 is 1.00 bits per heavy atom. The maximum absolute atomic E-state index is 10.6. The molecule has 0 atom stereocenters. The molecule has 0 bridgehead atoms. The summed E-state index contributed by atoms with van der Waals surface area (Å²) >= 11 is 0. The number of anilines is 3. The standard InChI is InChI=1S/C5H6N2O2.C3H6N6/c1-3-2-6-5(9)7-4(3)8;4-1-7-2(5)9-3(6)8-1/h2H,1H3,(H2,6,7,8,9);(H6,4,5,6,7,8,9). The first-order valence-corrected chi connectivity index (χ1v) is 4.69. The summed E-state index contributed by atoms with van der Waals surface area (Å²) in [5.74, 6) is 0.125. The molecule has 10 nitrogen and oxygen atoms in total. The molecule has 0 fully saturated rings. The lowest BCUT2D eigenvalue weighted by Crippen LogP contribution is -2.22. The van der Waals surface area contributed by atoms with Crippen molar-refractivity contribution in [1.82, 2.24) is 24.9 Å². The molecule has 0 amide bonds. The highest BCUT2D eigenvalue weighted by Crippen LogP contribution is 1.97. The van der Waals surface area contributed by atoms with Crippen LogP contribution in [0.1, 0.15) is 5.56 Å². The largest absolute Gasteiger partial charge is 0.368 e. The molecule has 0 aliphatic rings. The Balaban J connectivity index is 0.000000180. The van der Waals surface area contributed by atoms with Crippen LogP contribution in [0.15, 0.2) is 15.8 Å². The van der Waals surface area contributed by atoms with Gasteiger partial charge in [0.2, 0.25) is 17.8 Å².